The summed E-state index contributed by atoms with van der Waals surface area (Å²) >= 11 is 0. The number of carbonyl (C=O) groups is 1. The van der Waals surface area contributed by atoms with Gasteiger partial charge in [-0.05, 0) is 77.4 Å². The highest BCUT2D eigenvalue weighted by molar-refractivity contribution is 5.82. The summed E-state index contributed by atoms with van der Waals surface area (Å²) in [5, 5.41) is 30.7. The third kappa shape index (κ3) is 7.09. The van der Waals surface area contributed by atoms with Crippen molar-refractivity contribution in [3.05, 3.63) is 108 Å². The van der Waals surface area contributed by atoms with Gasteiger partial charge in [-0.3, -0.25) is 5.10 Å². The summed E-state index contributed by atoms with van der Waals surface area (Å²) < 4.78 is 7.68. The molecule has 248 valence electrons. The molecule has 6 N–H and O–H groups in total. The number of aromatic nitrogens is 4. The third-order valence-corrected chi connectivity index (χ3v) is 8.74. The Morgan fingerprint density at radius 1 is 1.00 bits per heavy atom. The number of imidazole rings is 1. The Labute approximate surface area is 279 Å². The average molecular weight is 648 g/mol. The highest BCUT2D eigenvalue weighted by Gasteiger charge is 2.23. The molecule has 48 heavy (non-hydrogen) atoms. The van der Waals surface area contributed by atoms with E-state index in [2.05, 4.69) is 38.3 Å². The van der Waals surface area contributed by atoms with Gasteiger partial charge in [0.2, 0.25) is 0 Å². The summed E-state index contributed by atoms with van der Waals surface area (Å²) in [6.45, 7) is 2.13. The van der Waals surface area contributed by atoms with Gasteiger partial charge in [0.25, 0.3) is 0 Å². The number of nitrogens with zero attached hydrogens (tertiary/aromatic N) is 4. The molecule has 0 radical (unpaired) electrons. The number of aliphatic hydroxyl groups excluding tert-OH is 2. The maximum Gasteiger partial charge on any atom is 0.141 e. The van der Waals surface area contributed by atoms with E-state index >= 15 is 0 Å². The van der Waals surface area contributed by atoms with E-state index in [-0.39, 0.29) is 25.8 Å². The first-order valence-electron chi connectivity index (χ1n) is 16.1. The molecule has 0 fully saturated rings. The molecule has 0 aliphatic rings. The molecule has 0 amide bonds. The fourth-order valence-corrected chi connectivity index (χ4v) is 6.22. The largest absolute Gasteiger partial charge is 0.497 e. The van der Waals surface area contributed by atoms with Crippen molar-refractivity contribution in [2.24, 2.45) is 11.7 Å². The van der Waals surface area contributed by atoms with Gasteiger partial charge in [0.1, 0.15) is 17.9 Å². The number of rotatable bonds is 16. The maximum absolute atomic E-state index is 12.2. The van der Waals surface area contributed by atoms with Gasteiger partial charge in [-0.2, -0.15) is 5.10 Å². The first-order valence-corrected chi connectivity index (χ1v) is 16.1. The molecule has 0 aliphatic heterocycles. The zero-order valence-electron chi connectivity index (χ0n) is 26.9. The average Bonchev–Trinajstić information content (AvgIpc) is 3.74. The smallest absolute Gasteiger partial charge is 0.141 e. The summed E-state index contributed by atoms with van der Waals surface area (Å²) in [6, 6.07) is 27.9. The number of hydrogen-bond acceptors (Lipinski definition) is 9. The van der Waals surface area contributed by atoms with Crippen LogP contribution < -0.4 is 20.7 Å². The van der Waals surface area contributed by atoms with Crippen LogP contribution in [0.4, 0.5) is 5.69 Å². The van der Waals surface area contributed by atoms with Crippen molar-refractivity contribution >= 4 is 33.9 Å². The minimum Gasteiger partial charge on any atom is -0.497 e. The highest BCUT2D eigenvalue weighted by Crippen LogP contribution is 2.31. The lowest BCUT2D eigenvalue weighted by Gasteiger charge is -2.24. The van der Waals surface area contributed by atoms with Crippen molar-refractivity contribution in [1.82, 2.24) is 25.1 Å². The second-order valence-electron chi connectivity index (χ2n) is 11.8. The first kappa shape index (κ1) is 32.9. The number of benzene rings is 4. The molecular weight excluding hydrogens is 606 g/mol. The fraction of sp³-hybridized carbons (Fsp3) is 0.270. The van der Waals surface area contributed by atoms with E-state index in [0.29, 0.717) is 26.2 Å². The number of anilines is 1. The number of H-pyrrole nitrogens is 1. The van der Waals surface area contributed by atoms with Crippen molar-refractivity contribution in [1.29, 1.82) is 0 Å². The van der Waals surface area contributed by atoms with E-state index in [1.807, 2.05) is 71.6 Å². The van der Waals surface area contributed by atoms with Crippen LogP contribution in [0, 0.1) is 5.92 Å². The Balaban J connectivity index is 1.38. The lowest BCUT2D eigenvalue weighted by atomic mass is 9.93. The maximum atomic E-state index is 12.2. The van der Waals surface area contributed by atoms with Crippen LogP contribution in [0.25, 0.3) is 33.3 Å². The quantitative estimate of drug-likeness (QED) is 0.0980. The van der Waals surface area contributed by atoms with Crippen LogP contribution in [0.1, 0.15) is 22.7 Å². The molecule has 6 rings (SSSR count). The number of nitrogens with one attached hydrogen (secondary N) is 2. The van der Waals surface area contributed by atoms with Crippen LogP contribution in [0.5, 0.6) is 5.75 Å². The second-order valence-corrected chi connectivity index (χ2v) is 11.8. The molecule has 0 aliphatic carbocycles. The van der Waals surface area contributed by atoms with Crippen molar-refractivity contribution in [2.75, 3.05) is 44.9 Å². The van der Waals surface area contributed by atoms with Crippen molar-refractivity contribution in [2.45, 2.75) is 19.1 Å². The van der Waals surface area contributed by atoms with Crippen LogP contribution in [-0.2, 0) is 17.9 Å². The van der Waals surface area contributed by atoms with E-state index in [4.69, 9.17) is 15.5 Å². The third-order valence-electron chi connectivity index (χ3n) is 8.74. The van der Waals surface area contributed by atoms with Gasteiger partial charge in [-0.15, -0.1) is 0 Å². The van der Waals surface area contributed by atoms with Crippen LogP contribution >= 0.6 is 0 Å². The van der Waals surface area contributed by atoms with Gasteiger partial charge in [0, 0.05) is 61.3 Å². The molecule has 0 saturated heterocycles. The first-order chi connectivity index (χ1) is 23.5. The van der Waals surface area contributed by atoms with Crippen molar-refractivity contribution in [3.8, 4) is 17.1 Å². The molecule has 0 spiro atoms. The number of aromatic amines is 1. The lowest BCUT2D eigenvalue weighted by Crippen LogP contribution is -2.33. The SMILES string of the molecule is COc1cccc(Cn2c(-c3ccc(N(CCO)CCO)cc3)nc3cc(C(NCc4ccc5[nH]ncc5c4)C(C=O)CN)ccc32)c1. The minimum absolute atomic E-state index is 0.00892. The van der Waals surface area contributed by atoms with E-state index < -0.39 is 5.92 Å². The normalized spacial score (nSPS) is 12.8. The van der Waals surface area contributed by atoms with Crippen molar-refractivity contribution in [3.63, 3.8) is 0 Å². The van der Waals surface area contributed by atoms with Gasteiger partial charge >= 0.3 is 0 Å². The highest BCUT2D eigenvalue weighted by atomic mass is 16.5. The lowest BCUT2D eigenvalue weighted by molar-refractivity contribution is -0.111. The van der Waals surface area contributed by atoms with Gasteiger partial charge < -0.3 is 40.3 Å². The number of hydrogen-bond donors (Lipinski definition) is 5. The molecule has 2 aromatic heterocycles. The summed E-state index contributed by atoms with van der Waals surface area (Å²) in [6.07, 6.45) is 2.72. The summed E-state index contributed by atoms with van der Waals surface area (Å²) in [5.74, 6) is 1.13. The van der Waals surface area contributed by atoms with Crippen LogP contribution in [0.3, 0.4) is 0 Å². The Bertz CT molecular complexity index is 1960. The number of ether oxygens (including phenoxy) is 1. The number of nitrogens with two attached hydrogens (primary N) is 1. The standard InChI is InChI=1S/C37H41N7O4/c1-48-32-4-2-3-26(18-32)23-44-35-12-8-28(36(30(20-38)24-47)39-21-25-5-11-33-29(17-25)22-40-42-33)19-34(35)41-37(44)27-6-9-31(10-7-27)43(13-15-45)14-16-46/h2-12,17-19,22,24,30,36,39,45-46H,13-16,20-21,23,38H2,1H3,(H,40,42). The Kier molecular flexibility index (Phi) is 10.4. The predicted molar refractivity (Wildman–Crippen MR) is 188 cm³/mol. The molecule has 6 aromatic rings. The molecule has 11 nitrogen and oxygen atoms in total. The molecular formula is C37H41N7O4. The topological polar surface area (TPSA) is 155 Å². The second kappa shape index (κ2) is 15.2. The number of carbonyl (C=O) groups excluding carboxylic acids is 1. The van der Waals surface area contributed by atoms with E-state index in [0.717, 1.165) is 67.7 Å². The summed E-state index contributed by atoms with van der Waals surface area (Å²) in [7, 11) is 1.66. The Morgan fingerprint density at radius 3 is 2.54 bits per heavy atom. The molecule has 4 aromatic carbocycles. The Morgan fingerprint density at radius 2 is 1.81 bits per heavy atom. The van der Waals surface area contributed by atoms with Crippen LogP contribution in [0.15, 0.2) is 91.1 Å². The number of fused-ring (bicyclic) bond motifs is 2. The van der Waals surface area contributed by atoms with Gasteiger partial charge in [0.05, 0.1) is 43.1 Å². The molecule has 2 heterocycles. The van der Waals surface area contributed by atoms with Crippen molar-refractivity contribution < 1.29 is 19.7 Å². The van der Waals surface area contributed by atoms with E-state index in [9.17, 15) is 15.0 Å². The summed E-state index contributed by atoms with van der Waals surface area (Å²) in [4.78, 5) is 19.3. The van der Waals surface area contributed by atoms with Gasteiger partial charge in [-0.25, -0.2) is 4.98 Å². The zero-order chi connectivity index (χ0) is 33.5. The fourth-order valence-electron chi connectivity index (χ4n) is 6.22. The van der Waals surface area contributed by atoms with E-state index in [1.165, 1.54) is 0 Å². The molecule has 2 atom stereocenters. The monoisotopic (exact) mass is 647 g/mol. The number of aliphatic hydroxyl groups is 2. The zero-order valence-corrected chi connectivity index (χ0v) is 26.9. The van der Waals surface area contributed by atoms with Crippen LogP contribution in [-0.4, -0.2) is 76.2 Å². The molecule has 11 heteroatoms. The number of aldehydes is 1. The predicted octanol–water partition coefficient (Wildman–Crippen LogP) is 4.03. The van der Waals surface area contributed by atoms with Crippen LogP contribution in [0.2, 0.25) is 0 Å². The van der Waals surface area contributed by atoms with Gasteiger partial charge in [0.15, 0.2) is 0 Å². The molecule has 0 bridgehead atoms. The molecule has 2 unspecified atom stereocenters. The number of methoxy groups -OCH3 is 1. The Hall–Kier alpha value is -5.07. The van der Waals surface area contributed by atoms with E-state index in [1.54, 1.807) is 13.3 Å². The minimum atomic E-state index is -0.438. The summed E-state index contributed by atoms with van der Waals surface area (Å²) in [5.41, 5.74) is 13.7. The van der Waals surface area contributed by atoms with Gasteiger partial charge in [-0.1, -0.05) is 24.3 Å². The molecule has 0 saturated carbocycles.